The summed E-state index contributed by atoms with van der Waals surface area (Å²) in [5, 5.41) is 4.76. The molecule has 4 rings (SSSR count). The first-order chi connectivity index (χ1) is 13.2. The van der Waals surface area contributed by atoms with Crippen LogP contribution >= 0.6 is 34.4 Å². The summed E-state index contributed by atoms with van der Waals surface area (Å²) in [6, 6.07) is 15.7. The molecule has 27 heavy (non-hydrogen) atoms. The Bertz CT molecular complexity index is 946. The fourth-order valence-corrected chi connectivity index (χ4v) is 5.48. The molecule has 1 aliphatic rings. The average molecular weight is 491 g/mol. The molecule has 0 spiro atoms. The smallest absolute Gasteiger partial charge is 0.291 e. The van der Waals surface area contributed by atoms with Gasteiger partial charge < -0.3 is 9.73 Å². The second-order valence-electron chi connectivity index (χ2n) is 6.91. The lowest BCUT2D eigenvalue weighted by atomic mass is 10.0. The molecule has 1 N–H and O–H groups in total. The zero-order chi connectivity index (χ0) is 18.6. The summed E-state index contributed by atoms with van der Waals surface area (Å²) in [6.07, 6.45) is 6.57. The Balaban J connectivity index is 1.61. The number of benzene rings is 2. The maximum absolute atomic E-state index is 13.0. The van der Waals surface area contributed by atoms with Gasteiger partial charge in [-0.05, 0) is 53.6 Å². The second-order valence-corrected chi connectivity index (χ2v) is 9.36. The zero-order valence-corrected chi connectivity index (χ0v) is 18.0. The lowest BCUT2D eigenvalue weighted by Crippen LogP contribution is -2.14. The van der Waals surface area contributed by atoms with E-state index in [4.69, 9.17) is 4.42 Å². The first-order valence-corrected chi connectivity index (χ1v) is 11.5. The molecule has 0 unspecified atom stereocenters. The number of hydrogen-bond donors (Lipinski definition) is 1. The van der Waals surface area contributed by atoms with Crippen LogP contribution < -0.4 is 5.32 Å². The van der Waals surface area contributed by atoms with E-state index in [0.717, 1.165) is 31.5 Å². The Kier molecular flexibility index (Phi) is 6.08. The number of halogens is 1. The zero-order valence-electron chi connectivity index (χ0n) is 15.0. The molecule has 1 amide bonds. The predicted octanol–water partition coefficient (Wildman–Crippen LogP) is 6.86. The Morgan fingerprint density at radius 3 is 2.63 bits per heavy atom. The van der Waals surface area contributed by atoms with Crippen LogP contribution in [0.2, 0.25) is 0 Å². The van der Waals surface area contributed by atoms with Crippen molar-refractivity contribution in [1.82, 2.24) is 0 Å². The van der Waals surface area contributed by atoms with E-state index < -0.39 is 0 Å². The van der Waals surface area contributed by atoms with Gasteiger partial charge in [-0.15, -0.1) is 0 Å². The summed E-state index contributed by atoms with van der Waals surface area (Å²) in [5.41, 5.74) is 2.61. The Morgan fingerprint density at radius 1 is 1.07 bits per heavy atom. The molecule has 1 aliphatic carbocycles. The number of nitrogens with one attached hydrogen (secondary N) is 1. The van der Waals surface area contributed by atoms with Crippen molar-refractivity contribution in [1.29, 1.82) is 0 Å². The van der Waals surface area contributed by atoms with Gasteiger partial charge >= 0.3 is 0 Å². The largest absolute Gasteiger partial charge is 0.451 e. The SMILES string of the molecule is O=C(Nc1ccccc1I)c1oc2ccccc2c1CSC1CCCCC1. The number of furan rings is 1. The molecule has 140 valence electrons. The molecule has 1 aromatic heterocycles. The van der Waals surface area contributed by atoms with Crippen LogP contribution in [0.25, 0.3) is 11.0 Å². The Hall–Kier alpha value is -1.47. The summed E-state index contributed by atoms with van der Waals surface area (Å²) < 4.78 is 7.00. The van der Waals surface area contributed by atoms with Crippen molar-refractivity contribution in [3.05, 3.63) is 63.4 Å². The van der Waals surface area contributed by atoms with Crippen molar-refractivity contribution < 1.29 is 9.21 Å². The van der Waals surface area contributed by atoms with Crippen molar-refractivity contribution in [2.45, 2.75) is 43.1 Å². The maximum atomic E-state index is 13.0. The Morgan fingerprint density at radius 2 is 1.81 bits per heavy atom. The fourth-order valence-electron chi connectivity index (χ4n) is 3.60. The minimum Gasteiger partial charge on any atom is -0.451 e. The number of hydrogen-bond acceptors (Lipinski definition) is 3. The first-order valence-electron chi connectivity index (χ1n) is 9.40. The molecule has 2 aromatic carbocycles. The number of thioether (sulfide) groups is 1. The molecule has 0 radical (unpaired) electrons. The normalized spacial score (nSPS) is 15.1. The molecule has 0 aliphatic heterocycles. The van der Waals surface area contributed by atoms with Gasteiger partial charge in [-0.25, -0.2) is 0 Å². The van der Waals surface area contributed by atoms with Gasteiger partial charge in [0.25, 0.3) is 5.91 Å². The van der Waals surface area contributed by atoms with Crippen LogP contribution in [0.4, 0.5) is 5.69 Å². The predicted molar refractivity (Wildman–Crippen MR) is 121 cm³/mol. The van der Waals surface area contributed by atoms with Gasteiger partial charge in [0.05, 0.1) is 5.69 Å². The number of anilines is 1. The molecular formula is C22H22INO2S. The van der Waals surface area contributed by atoms with Gasteiger partial charge in [-0.3, -0.25) is 4.79 Å². The van der Waals surface area contributed by atoms with Crippen LogP contribution in [-0.4, -0.2) is 11.2 Å². The summed E-state index contributed by atoms with van der Waals surface area (Å²) in [5.74, 6) is 1.09. The van der Waals surface area contributed by atoms with Gasteiger partial charge in [0.1, 0.15) is 5.58 Å². The molecule has 3 nitrogen and oxygen atoms in total. The molecule has 0 saturated heterocycles. The number of amides is 1. The summed E-state index contributed by atoms with van der Waals surface area (Å²) in [7, 11) is 0. The summed E-state index contributed by atoms with van der Waals surface area (Å²) >= 11 is 4.20. The number of carbonyl (C=O) groups excluding carboxylic acids is 1. The van der Waals surface area contributed by atoms with Crippen LogP contribution in [0.15, 0.2) is 52.9 Å². The minimum atomic E-state index is -0.172. The monoisotopic (exact) mass is 491 g/mol. The number of carbonyl (C=O) groups is 1. The molecular weight excluding hydrogens is 469 g/mol. The van der Waals surface area contributed by atoms with Crippen molar-refractivity contribution in [2.75, 3.05) is 5.32 Å². The van der Waals surface area contributed by atoms with E-state index in [0.29, 0.717) is 11.0 Å². The molecule has 1 fully saturated rings. The third-order valence-corrected chi connectivity index (χ3v) is 7.38. The summed E-state index contributed by atoms with van der Waals surface area (Å²) in [6.45, 7) is 0. The fraction of sp³-hybridized carbons (Fsp3) is 0.318. The van der Waals surface area contributed by atoms with Gasteiger partial charge in [0, 0.05) is 25.5 Å². The van der Waals surface area contributed by atoms with E-state index in [1.165, 1.54) is 32.1 Å². The highest BCUT2D eigenvalue weighted by Crippen LogP contribution is 2.35. The standard InChI is InChI=1S/C22H22INO2S/c23-18-11-5-6-12-19(18)24-22(25)21-17(14-27-15-8-2-1-3-9-15)16-10-4-7-13-20(16)26-21/h4-7,10-13,15H,1-3,8-9,14H2,(H,24,25). The third kappa shape index (κ3) is 4.35. The van der Waals surface area contributed by atoms with Crippen LogP contribution in [0.3, 0.4) is 0 Å². The van der Waals surface area contributed by atoms with Gasteiger partial charge in [0.15, 0.2) is 5.76 Å². The lowest BCUT2D eigenvalue weighted by Gasteiger charge is -2.20. The average Bonchev–Trinajstić information content (AvgIpc) is 3.08. The number of para-hydroxylation sites is 2. The first kappa shape index (κ1) is 18.9. The second kappa shape index (κ2) is 8.69. The van der Waals surface area contributed by atoms with E-state index in [2.05, 4.69) is 34.0 Å². The highest BCUT2D eigenvalue weighted by Gasteiger charge is 2.23. The van der Waals surface area contributed by atoms with Crippen LogP contribution in [0.1, 0.15) is 48.2 Å². The van der Waals surface area contributed by atoms with Crippen LogP contribution in [0.5, 0.6) is 0 Å². The third-order valence-electron chi connectivity index (χ3n) is 5.04. The molecule has 0 atom stereocenters. The quantitative estimate of drug-likeness (QED) is 0.397. The molecule has 0 bridgehead atoms. The van der Waals surface area contributed by atoms with Crippen molar-refractivity contribution in [3.63, 3.8) is 0 Å². The molecule has 1 heterocycles. The van der Waals surface area contributed by atoms with Crippen LogP contribution in [0, 0.1) is 3.57 Å². The van der Waals surface area contributed by atoms with E-state index >= 15 is 0 Å². The Labute approximate surface area is 177 Å². The minimum absolute atomic E-state index is 0.172. The van der Waals surface area contributed by atoms with Crippen molar-refractivity contribution in [3.8, 4) is 0 Å². The maximum Gasteiger partial charge on any atom is 0.291 e. The molecule has 5 heteroatoms. The van der Waals surface area contributed by atoms with Gasteiger partial charge in [-0.2, -0.15) is 11.8 Å². The highest BCUT2D eigenvalue weighted by molar-refractivity contribution is 14.1. The molecule has 3 aromatic rings. The molecule has 1 saturated carbocycles. The summed E-state index contributed by atoms with van der Waals surface area (Å²) in [4.78, 5) is 13.0. The van der Waals surface area contributed by atoms with E-state index in [9.17, 15) is 4.79 Å². The topological polar surface area (TPSA) is 42.2 Å². The van der Waals surface area contributed by atoms with Crippen LogP contribution in [-0.2, 0) is 5.75 Å². The van der Waals surface area contributed by atoms with Gasteiger partial charge in [-0.1, -0.05) is 49.6 Å². The lowest BCUT2D eigenvalue weighted by molar-refractivity contribution is 0.0997. The van der Waals surface area contributed by atoms with Crippen molar-refractivity contribution in [2.24, 2.45) is 0 Å². The number of fused-ring (bicyclic) bond motifs is 1. The van der Waals surface area contributed by atoms with E-state index in [1.807, 2.05) is 54.2 Å². The van der Waals surface area contributed by atoms with E-state index in [-0.39, 0.29) is 5.91 Å². The van der Waals surface area contributed by atoms with E-state index in [1.54, 1.807) is 0 Å². The number of rotatable bonds is 5. The highest BCUT2D eigenvalue weighted by atomic mass is 127. The van der Waals surface area contributed by atoms with Gasteiger partial charge in [0.2, 0.25) is 0 Å². The van der Waals surface area contributed by atoms with Crippen molar-refractivity contribution >= 4 is 56.9 Å².